The molecule has 1 fully saturated rings. The lowest BCUT2D eigenvalue weighted by Crippen LogP contribution is -2.43. The Bertz CT molecular complexity index is 441. The number of ether oxygens (including phenoxy) is 1. The number of para-hydroxylation sites is 1. The summed E-state index contributed by atoms with van der Waals surface area (Å²) in [7, 11) is 0. The predicted molar refractivity (Wildman–Crippen MR) is 86.7 cm³/mol. The van der Waals surface area contributed by atoms with Crippen LogP contribution in [0.15, 0.2) is 24.3 Å². The normalized spacial score (nSPS) is 26.7. The Kier molecular flexibility index (Phi) is 5.15. The maximum absolute atomic E-state index is 5.89. The number of nitrogens with zero attached hydrogens (tertiary/aromatic N) is 1. The Morgan fingerprint density at radius 1 is 1.19 bits per heavy atom. The van der Waals surface area contributed by atoms with Crippen molar-refractivity contribution in [3.8, 4) is 5.75 Å². The summed E-state index contributed by atoms with van der Waals surface area (Å²) in [6, 6.07) is 9.99. The second kappa shape index (κ2) is 7.28. The van der Waals surface area contributed by atoms with Gasteiger partial charge in [-0.2, -0.15) is 0 Å². The van der Waals surface area contributed by atoms with Gasteiger partial charge in [0.05, 0.1) is 0 Å². The van der Waals surface area contributed by atoms with E-state index < -0.39 is 0 Å². The van der Waals surface area contributed by atoms with Crippen molar-refractivity contribution in [2.45, 2.75) is 57.7 Å². The molecular formula is C18H28N2O. The minimum Gasteiger partial charge on any atom is -0.492 e. The molecule has 0 unspecified atom stereocenters. The van der Waals surface area contributed by atoms with E-state index in [-0.39, 0.29) is 0 Å². The summed E-state index contributed by atoms with van der Waals surface area (Å²) in [4.78, 5) is 2.64. The van der Waals surface area contributed by atoms with Gasteiger partial charge in [0.1, 0.15) is 12.4 Å². The Morgan fingerprint density at radius 3 is 2.81 bits per heavy atom. The van der Waals surface area contributed by atoms with Crippen molar-refractivity contribution in [2.75, 3.05) is 19.7 Å². The molecule has 0 saturated heterocycles. The van der Waals surface area contributed by atoms with E-state index in [9.17, 15) is 0 Å². The fraction of sp³-hybridized carbons (Fsp3) is 0.667. The zero-order valence-corrected chi connectivity index (χ0v) is 13.2. The molecule has 116 valence electrons. The minimum atomic E-state index is 0.736. The Balaban J connectivity index is 1.56. The van der Waals surface area contributed by atoms with Gasteiger partial charge in [-0.1, -0.05) is 25.1 Å². The molecule has 0 amide bonds. The molecule has 0 bridgehead atoms. The zero-order chi connectivity index (χ0) is 14.5. The van der Waals surface area contributed by atoms with Crippen LogP contribution in [-0.4, -0.2) is 36.7 Å². The molecular weight excluding hydrogens is 260 g/mol. The second-order valence-electron chi connectivity index (χ2n) is 6.39. The van der Waals surface area contributed by atoms with E-state index in [1.807, 2.05) is 0 Å². The van der Waals surface area contributed by atoms with Crippen molar-refractivity contribution >= 4 is 0 Å². The molecule has 3 nitrogen and oxygen atoms in total. The molecule has 1 heterocycles. The summed E-state index contributed by atoms with van der Waals surface area (Å²) in [5, 5.41) is 3.68. The third-order valence-corrected chi connectivity index (χ3v) is 4.88. The molecule has 3 rings (SSSR count). The highest BCUT2D eigenvalue weighted by molar-refractivity contribution is 5.33. The molecule has 1 aliphatic heterocycles. The van der Waals surface area contributed by atoms with Crippen LogP contribution in [0.25, 0.3) is 0 Å². The second-order valence-corrected chi connectivity index (χ2v) is 6.39. The van der Waals surface area contributed by atoms with Gasteiger partial charge >= 0.3 is 0 Å². The van der Waals surface area contributed by atoms with Gasteiger partial charge in [-0.25, -0.2) is 0 Å². The van der Waals surface area contributed by atoms with Gasteiger partial charge in [-0.05, 0) is 44.7 Å². The molecule has 1 aromatic carbocycles. The van der Waals surface area contributed by atoms with Crippen molar-refractivity contribution in [3.63, 3.8) is 0 Å². The van der Waals surface area contributed by atoms with E-state index in [0.717, 1.165) is 37.5 Å². The summed E-state index contributed by atoms with van der Waals surface area (Å²) in [5.41, 5.74) is 1.35. The fourth-order valence-electron chi connectivity index (χ4n) is 3.65. The van der Waals surface area contributed by atoms with E-state index in [4.69, 9.17) is 4.74 Å². The van der Waals surface area contributed by atoms with Crippen molar-refractivity contribution in [3.05, 3.63) is 29.8 Å². The fourth-order valence-corrected chi connectivity index (χ4v) is 3.65. The maximum Gasteiger partial charge on any atom is 0.123 e. The molecule has 0 atom stereocenters. The predicted octanol–water partition coefficient (Wildman–Crippen LogP) is 3.19. The summed E-state index contributed by atoms with van der Waals surface area (Å²) >= 11 is 0. The molecule has 1 aromatic rings. The molecule has 3 heteroatoms. The zero-order valence-electron chi connectivity index (χ0n) is 13.2. The molecule has 2 aliphatic rings. The summed E-state index contributed by atoms with van der Waals surface area (Å²) < 4.78 is 5.89. The van der Waals surface area contributed by atoms with Gasteiger partial charge in [0.25, 0.3) is 0 Å². The topological polar surface area (TPSA) is 24.5 Å². The van der Waals surface area contributed by atoms with Crippen LogP contribution >= 0.6 is 0 Å². The molecule has 21 heavy (non-hydrogen) atoms. The van der Waals surface area contributed by atoms with Crippen LogP contribution < -0.4 is 10.1 Å². The average Bonchev–Trinajstić information content (AvgIpc) is 2.75. The van der Waals surface area contributed by atoms with Crippen molar-refractivity contribution in [1.29, 1.82) is 0 Å². The first-order valence-corrected chi connectivity index (χ1v) is 8.55. The number of nitrogens with one attached hydrogen (secondary N) is 1. The van der Waals surface area contributed by atoms with Crippen LogP contribution in [0.5, 0.6) is 5.75 Å². The number of hydrogen-bond acceptors (Lipinski definition) is 3. The van der Waals surface area contributed by atoms with E-state index in [0.29, 0.717) is 0 Å². The molecule has 1 aliphatic carbocycles. The van der Waals surface area contributed by atoms with E-state index in [1.54, 1.807) is 0 Å². The first-order valence-electron chi connectivity index (χ1n) is 8.55. The number of benzene rings is 1. The summed E-state index contributed by atoms with van der Waals surface area (Å²) in [5.74, 6) is 1.08. The van der Waals surface area contributed by atoms with Crippen LogP contribution in [0.4, 0.5) is 0 Å². The molecule has 1 N–H and O–H groups in total. The number of hydrogen-bond donors (Lipinski definition) is 1. The lowest BCUT2D eigenvalue weighted by atomic mass is 9.90. The SMILES string of the molecule is CCCNC1CCC(N2CCOc3ccccc3C2)CC1. The van der Waals surface area contributed by atoms with Gasteiger partial charge in [-0.3, -0.25) is 4.90 Å². The standard InChI is InChI=1S/C18H28N2O/c1-2-11-19-16-7-9-17(10-8-16)20-12-13-21-18-6-4-3-5-15(18)14-20/h3-6,16-17,19H,2,7-14H2,1H3. The highest BCUT2D eigenvalue weighted by atomic mass is 16.5. The van der Waals surface area contributed by atoms with Gasteiger partial charge < -0.3 is 10.1 Å². The number of fused-ring (bicyclic) bond motifs is 1. The summed E-state index contributed by atoms with van der Waals surface area (Å²) in [6.07, 6.45) is 6.53. The quantitative estimate of drug-likeness (QED) is 0.921. The van der Waals surface area contributed by atoms with Crippen LogP contribution in [0.3, 0.4) is 0 Å². The third-order valence-electron chi connectivity index (χ3n) is 4.88. The van der Waals surface area contributed by atoms with Crippen LogP contribution in [0.1, 0.15) is 44.6 Å². The molecule has 1 saturated carbocycles. The average molecular weight is 288 g/mol. The van der Waals surface area contributed by atoms with Gasteiger partial charge in [0.2, 0.25) is 0 Å². The van der Waals surface area contributed by atoms with Crippen LogP contribution in [-0.2, 0) is 6.54 Å². The van der Waals surface area contributed by atoms with Crippen molar-refractivity contribution < 1.29 is 4.74 Å². The number of rotatable bonds is 4. The molecule has 0 radical (unpaired) electrons. The maximum atomic E-state index is 5.89. The van der Waals surface area contributed by atoms with E-state index in [1.165, 1.54) is 44.2 Å². The van der Waals surface area contributed by atoms with Crippen molar-refractivity contribution in [1.82, 2.24) is 10.2 Å². The molecule has 0 spiro atoms. The lowest BCUT2D eigenvalue weighted by molar-refractivity contribution is 0.126. The smallest absolute Gasteiger partial charge is 0.123 e. The Hall–Kier alpha value is -1.06. The molecule has 0 aromatic heterocycles. The first kappa shape index (κ1) is 14.9. The highest BCUT2D eigenvalue weighted by Gasteiger charge is 2.27. The van der Waals surface area contributed by atoms with Gasteiger partial charge in [0, 0.05) is 30.7 Å². The third kappa shape index (κ3) is 3.78. The monoisotopic (exact) mass is 288 g/mol. The van der Waals surface area contributed by atoms with Crippen LogP contribution in [0, 0.1) is 0 Å². The highest BCUT2D eigenvalue weighted by Crippen LogP contribution is 2.28. The first-order chi connectivity index (χ1) is 10.4. The minimum absolute atomic E-state index is 0.736. The van der Waals surface area contributed by atoms with Crippen molar-refractivity contribution in [2.24, 2.45) is 0 Å². The Labute approximate surface area is 128 Å². The summed E-state index contributed by atoms with van der Waals surface area (Å²) in [6.45, 7) is 6.35. The largest absolute Gasteiger partial charge is 0.492 e. The lowest BCUT2D eigenvalue weighted by Gasteiger charge is -2.36. The van der Waals surface area contributed by atoms with Crippen LogP contribution in [0.2, 0.25) is 0 Å². The van der Waals surface area contributed by atoms with Gasteiger partial charge in [-0.15, -0.1) is 0 Å². The van der Waals surface area contributed by atoms with Gasteiger partial charge in [0.15, 0.2) is 0 Å². The van der Waals surface area contributed by atoms with E-state index in [2.05, 4.69) is 41.4 Å². The Morgan fingerprint density at radius 2 is 2.00 bits per heavy atom. The van der Waals surface area contributed by atoms with E-state index >= 15 is 0 Å².